The number of rotatable bonds is 6. The molecule has 2 aromatic rings. The topological polar surface area (TPSA) is 55.3 Å². The van der Waals surface area contributed by atoms with Crippen LogP contribution in [-0.2, 0) is 13.1 Å². The maximum Gasteiger partial charge on any atom is 0.230 e. The van der Waals surface area contributed by atoms with Gasteiger partial charge in [-0.3, -0.25) is 4.90 Å². The summed E-state index contributed by atoms with van der Waals surface area (Å²) in [5.41, 5.74) is 0. The highest BCUT2D eigenvalue weighted by molar-refractivity contribution is 5.17. The van der Waals surface area contributed by atoms with E-state index in [0.29, 0.717) is 30.3 Å². The van der Waals surface area contributed by atoms with Crippen LogP contribution in [0.4, 0.5) is 0 Å². The van der Waals surface area contributed by atoms with E-state index in [-0.39, 0.29) is 0 Å². The zero-order chi connectivity index (χ0) is 14.4. The minimum Gasteiger partial charge on any atom is -0.464 e. The lowest BCUT2D eigenvalue weighted by Crippen LogP contribution is -2.25. The van der Waals surface area contributed by atoms with Crippen LogP contribution in [0, 0.1) is 12.8 Å². The number of hydrogen-bond donors (Lipinski definition) is 0. The molecular weight excluding hydrogens is 266 g/mol. The number of hydrogen-bond acceptors (Lipinski definition) is 5. The Labute approximate surface area is 124 Å². The van der Waals surface area contributed by atoms with Crippen molar-refractivity contribution in [1.82, 2.24) is 15.1 Å². The standard InChI is InChI=1S/C16H21N3O2/c1-10-7-14(10)15-6-5-13(21-15)8-19(12-3-4-12)9-16-18-17-11(2)20-16/h5-6,10,12,14H,3-4,7-9H2,1-2H3/t10-,14+/m1/s1. The van der Waals surface area contributed by atoms with Gasteiger partial charge < -0.3 is 8.83 Å². The van der Waals surface area contributed by atoms with Crippen molar-refractivity contribution < 1.29 is 8.83 Å². The highest BCUT2D eigenvalue weighted by atomic mass is 16.4. The van der Waals surface area contributed by atoms with Crippen LogP contribution in [0.25, 0.3) is 0 Å². The molecule has 2 atom stereocenters. The monoisotopic (exact) mass is 287 g/mol. The van der Waals surface area contributed by atoms with Crippen molar-refractivity contribution >= 4 is 0 Å². The average Bonchev–Trinajstić information content (AvgIpc) is 3.34. The summed E-state index contributed by atoms with van der Waals surface area (Å²) < 4.78 is 11.5. The van der Waals surface area contributed by atoms with Crippen molar-refractivity contribution in [1.29, 1.82) is 0 Å². The van der Waals surface area contributed by atoms with Crippen LogP contribution in [0.1, 0.15) is 55.4 Å². The van der Waals surface area contributed by atoms with Gasteiger partial charge in [-0.05, 0) is 37.3 Å². The Hall–Kier alpha value is -1.62. The molecule has 112 valence electrons. The first-order chi connectivity index (χ1) is 10.2. The van der Waals surface area contributed by atoms with Crippen LogP contribution < -0.4 is 0 Å². The van der Waals surface area contributed by atoms with Gasteiger partial charge in [-0.1, -0.05) is 6.92 Å². The van der Waals surface area contributed by atoms with Crippen LogP contribution >= 0.6 is 0 Å². The fourth-order valence-electron chi connectivity index (χ4n) is 2.93. The summed E-state index contributed by atoms with van der Waals surface area (Å²) in [4.78, 5) is 2.38. The molecule has 2 aliphatic carbocycles. The van der Waals surface area contributed by atoms with Crippen molar-refractivity contribution in [2.24, 2.45) is 5.92 Å². The van der Waals surface area contributed by atoms with E-state index in [1.54, 1.807) is 0 Å². The molecule has 0 spiro atoms. The van der Waals surface area contributed by atoms with E-state index in [0.717, 1.165) is 24.0 Å². The molecule has 2 saturated carbocycles. The molecule has 4 rings (SSSR count). The zero-order valence-corrected chi connectivity index (χ0v) is 12.6. The Morgan fingerprint density at radius 1 is 1.19 bits per heavy atom. The van der Waals surface area contributed by atoms with Crippen LogP contribution in [0.15, 0.2) is 21.0 Å². The molecule has 0 aromatic carbocycles. The Morgan fingerprint density at radius 2 is 2.00 bits per heavy atom. The molecule has 0 unspecified atom stereocenters. The summed E-state index contributed by atoms with van der Waals surface area (Å²) in [7, 11) is 0. The van der Waals surface area contributed by atoms with E-state index in [4.69, 9.17) is 8.83 Å². The van der Waals surface area contributed by atoms with Gasteiger partial charge in [-0.25, -0.2) is 0 Å². The number of nitrogens with zero attached hydrogens (tertiary/aromatic N) is 3. The molecule has 0 bridgehead atoms. The van der Waals surface area contributed by atoms with Gasteiger partial charge >= 0.3 is 0 Å². The van der Waals surface area contributed by atoms with Gasteiger partial charge in [0, 0.05) is 18.9 Å². The lowest BCUT2D eigenvalue weighted by atomic mass is 10.3. The van der Waals surface area contributed by atoms with Crippen molar-refractivity contribution in [2.45, 2.75) is 58.2 Å². The molecule has 2 fully saturated rings. The molecule has 0 amide bonds. The first-order valence-electron chi connectivity index (χ1n) is 7.80. The van der Waals surface area contributed by atoms with Crippen LogP contribution in [0.2, 0.25) is 0 Å². The Morgan fingerprint density at radius 3 is 2.62 bits per heavy atom. The Bertz CT molecular complexity index is 629. The Balaban J connectivity index is 1.43. The SMILES string of the molecule is Cc1nnc(CN(Cc2ccc([C@H]3C[C@H]3C)o2)C2CC2)o1. The van der Waals surface area contributed by atoms with Gasteiger partial charge in [0.05, 0.1) is 13.1 Å². The highest BCUT2D eigenvalue weighted by Crippen LogP contribution is 2.47. The molecule has 0 aliphatic heterocycles. The minimum atomic E-state index is 0.628. The third kappa shape index (κ3) is 2.88. The van der Waals surface area contributed by atoms with E-state index in [1.807, 2.05) is 6.92 Å². The fraction of sp³-hybridized carbons (Fsp3) is 0.625. The fourth-order valence-corrected chi connectivity index (χ4v) is 2.93. The molecular formula is C16H21N3O2. The summed E-state index contributed by atoms with van der Waals surface area (Å²) in [6.45, 7) is 5.64. The van der Waals surface area contributed by atoms with E-state index in [1.165, 1.54) is 19.3 Å². The summed E-state index contributed by atoms with van der Waals surface area (Å²) in [5.74, 6) is 4.96. The molecule has 2 aliphatic rings. The zero-order valence-electron chi connectivity index (χ0n) is 12.6. The first kappa shape index (κ1) is 13.1. The average molecular weight is 287 g/mol. The summed E-state index contributed by atoms with van der Waals surface area (Å²) in [6, 6.07) is 4.89. The second-order valence-corrected chi connectivity index (χ2v) is 6.47. The first-order valence-corrected chi connectivity index (χ1v) is 7.80. The smallest absolute Gasteiger partial charge is 0.230 e. The molecule has 5 heteroatoms. The predicted molar refractivity (Wildman–Crippen MR) is 76.5 cm³/mol. The lowest BCUT2D eigenvalue weighted by molar-refractivity contribution is 0.201. The van der Waals surface area contributed by atoms with E-state index < -0.39 is 0 Å². The van der Waals surface area contributed by atoms with Crippen molar-refractivity contribution in [3.8, 4) is 0 Å². The summed E-state index contributed by atoms with van der Waals surface area (Å²) >= 11 is 0. The lowest BCUT2D eigenvalue weighted by Gasteiger charge is -2.18. The molecule has 0 radical (unpaired) electrons. The van der Waals surface area contributed by atoms with Gasteiger partial charge in [0.25, 0.3) is 0 Å². The Kier molecular flexibility index (Phi) is 3.10. The van der Waals surface area contributed by atoms with Gasteiger partial charge in [-0.15, -0.1) is 10.2 Å². The number of furan rings is 1. The van der Waals surface area contributed by atoms with E-state index in [9.17, 15) is 0 Å². The number of aryl methyl sites for hydroxylation is 1. The number of aromatic nitrogens is 2. The van der Waals surface area contributed by atoms with Crippen LogP contribution in [0.5, 0.6) is 0 Å². The molecule has 0 saturated heterocycles. The van der Waals surface area contributed by atoms with Crippen LogP contribution in [0.3, 0.4) is 0 Å². The van der Waals surface area contributed by atoms with Crippen molar-refractivity contribution in [3.05, 3.63) is 35.4 Å². The molecule has 21 heavy (non-hydrogen) atoms. The molecule has 0 N–H and O–H groups in total. The van der Waals surface area contributed by atoms with Gasteiger partial charge in [0.15, 0.2) is 0 Å². The van der Waals surface area contributed by atoms with Gasteiger partial charge in [-0.2, -0.15) is 0 Å². The maximum atomic E-state index is 6.02. The quantitative estimate of drug-likeness (QED) is 0.816. The highest BCUT2D eigenvalue weighted by Gasteiger charge is 2.37. The minimum absolute atomic E-state index is 0.628. The molecule has 5 nitrogen and oxygen atoms in total. The third-order valence-corrected chi connectivity index (χ3v) is 4.49. The largest absolute Gasteiger partial charge is 0.464 e. The molecule has 2 heterocycles. The maximum absolute atomic E-state index is 6.02. The summed E-state index contributed by atoms with van der Waals surface area (Å²) in [6.07, 6.45) is 3.77. The predicted octanol–water partition coefficient (Wildman–Crippen LogP) is 3.26. The van der Waals surface area contributed by atoms with E-state index >= 15 is 0 Å². The van der Waals surface area contributed by atoms with Crippen LogP contribution in [-0.4, -0.2) is 21.1 Å². The molecule has 2 aromatic heterocycles. The van der Waals surface area contributed by atoms with Crippen molar-refractivity contribution in [3.63, 3.8) is 0 Å². The van der Waals surface area contributed by atoms with Gasteiger partial charge in [0.2, 0.25) is 11.8 Å². The second-order valence-electron chi connectivity index (χ2n) is 6.47. The van der Waals surface area contributed by atoms with Crippen molar-refractivity contribution in [2.75, 3.05) is 0 Å². The second kappa shape index (κ2) is 4.98. The van der Waals surface area contributed by atoms with E-state index in [2.05, 4.69) is 34.2 Å². The van der Waals surface area contributed by atoms with Gasteiger partial charge in [0.1, 0.15) is 11.5 Å². The third-order valence-electron chi connectivity index (χ3n) is 4.49. The normalized spacial score (nSPS) is 24.7. The summed E-state index contributed by atoms with van der Waals surface area (Å²) in [5, 5.41) is 8.01.